The first kappa shape index (κ1) is 27.0. The zero-order valence-electron chi connectivity index (χ0n) is 23.9. The summed E-state index contributed by atoms with van der Waals surface area (Å²) in [5.41, 5.74) is 5.33. The van der Waals surface area contributed by atoms with Gasteiger partial charge in [-0.15, -0.1) is 0 Å². The molecule has 0 radical (unpaired) electrons. The normalized spacial score (nSPS) is 29.6. The Hall–Kier alpha value is -3.90. The molecule has 8 rings (SSSR count). The quantitative estimate of drug-likeness (QED) is 0.278. The van der Waals surface area contributed by atoms with Crippen LogP contribution >= 0.6 is 0 Å². The van der Waals surface area contributed by atoms with Crippen molar-refractivity contribution in [3.63, 3.8) is 0 Å². The van der Waals surface area contributed by atoms with Gasteiger partial charge in [0.05, 0.1) is 11.0 Å². The predicted molar refractivity (Wildman–Crippen MR) is 158 cm³/mol. The summed E-state index contributed by atoms with van der Waals surface area (Å²) in [6, 6.07) is 15.5. The van der Waals surface area contributed by atoms with Crippen molar-refractivity contribution in [2.24, 2.45) is 23.2 Å². The van der Waals surface area contributed by atoms with Crippen molar-refractivity contribution in [3.8, 4) is 16.9 Å². The highest BCUT2D eigenvalue weighted by atomic mass is 16.5. The van der Waals surface area contributed by atoms with E-state index in [4.69, 9.17) is 9.47 Å². The number of allylic oxidation sites excluding steroid dienone is 5. The number of unbranched alkanes of at least 4 members (excludes halogenated alkanes) is 2. The summed E-state index contributed by atoms with van der Waals surface area (Å²) in [6.07, 6.45) is 10.1. The lowest BCUT2D eigenvalue weighted by Gasteiger charge is -2.56. The summed E-state index contributed by atoms with van der Waals surface area (Å²) >= 11 is 0. The van der Waals surface area contributed by atoms with E-state index in [0.29, 0.717) is 36.4 Å². The van der Waals surface area contributed by atoms with E-state index >= 15 is 0 Å². The fraction of sp³-hybridized carbons (Fsp3) is 0.389. The number of hydrogen-bond acceptors (Lipinski definition) is 6. The number of carbonyl (C=O) groups is 2. The Bertz CT molecular complexity index is 1590. The van der Waals surface area contributed by atoms with Crippen LogP contribution in [-0.2, 0) is 19.1 Å². The topological polar surface area (TPSA) is 93.1 Å². The number of esters is 2. The number of cyclic esters (lactones) is 2. The Labute approximate surface area is 246 Å². The molecule has 2 aromatic rings. The Kier molecular flexibility index (Phi) is 6.69. The van der Waals surface area contributed by atoms with E-state index in [1.165, 1.54) is 0 Å². The van der Waals surface area contributed by atoms with Crippen LogP contribution in [0.4, 0.5) is 0 Å². The third kappa shape index (κ3) is 3.88. The van der Waals surface area contributed by atoms with Gasteiger partial charge in [-0.25, -0.2) is 9.59 Å². The van der Waals surface area contributed by atoms with Crippen molar-refractivity contribution in [1.29, 1.82) is 0 Å². The highest BCUT2D eigenvalue weighted by Crippen LogP contribution is 2.72. The van der Waals surface area contributed by atoms with Gasteiger partial charge in [0.15, 0.2) is 0 Å². The summed E-state index contributed by atoms with van der Waals surface area (Å²) in [5, 5.41) is 20.2. The van der Waals surface area contributed by atoms with Crippen molar-refractivity contribution >= 4 is 17.5 Å². The van der Waals surface area contributed by atoms with E-state index in [1.54, 1.807) is 12.1 Å². The summed E-state index contributed by atoms with van der Waals surface area (Å²) < 4.78 is 12.1. The van der Waals surface area contributed by atoms with Gasteiger partial charge in [0.25, 0.3) is 0 Å². The minimum atomic E-state index is -0.791. The molecule has 0 unspecified atom stereocenters. The van der Waals surface area contributed by atoms with Crippen LogP contribution in [0.1, 0.15) is 63.9 Å². The van der Waals surface area contributed by atoms with Crippen LogP contribution in [0.2, 0.25) is 0 Å². The van der Waals surface area contributed by atoms with E-state index in [-0.39, 0.29) is 42.0 Å². The molecule has 2 N–H and O–H groups in total. The monoisotopic (exact) mass is 564 g/mol. The SMILES string of the molecule is CCCC=C1OC(=O)C2=C1CC[C@H]1[C@@H]3CC[C@]4(C(=CCCCO)OC(=O)C4=C3c3cc(O)ccc3-c3ccccc3)[C@H]21. The summed E-state index contributed by atoms with van der Waals surface area (Å²) in [4.78, 5) is 27.7. The number of benzene rings is 2. The third-order valence-electron chi connectivity index (χ3n) is 10.0. The van der Waals surface area contributed by atoms with Gasteiger partial charge in [-0.1, -0.05) is 49.7 Å². The zero-order chi connectivity index (χ0) is 29.0. The number of ether oxygens (including phenoxy) is 2. The van der Waals surface area contributed by atoms with Crippen molar-refractivity contribution < 1.29 is 29.3 Å². The number of hydrogen-bond donors (Lipinski definition) is 2. The first-order valence-corrected chi connectivity index (χ1v) is 15.3. The predicted octanol–water partition coefficient (Wildman–Crippen LogP) is 7.00. The van der Waals surface area contributed by atoms with E-state index < -0.39 is 5.41 Å². The Morgan fingerprint density at radius 1 is 0.952 bits per heavy atom. The van der Waals surface area contributed by atoms with Gasteiger partial charge in [0.2, 0.25) is 0 Å². The first-order chi connectivity index (χ1) is 20.5. The lowest BCUT2D eigenvalue weighted by molar-refractivity contribution is -0.135. The molecule has 6 aliphatic rings. The lowest BCUT2D eigenvalue weighted by Crippen LogP contribution is -2.52. The molecule has 2 aromatic carbocycles. The summed E-state index contributed by atoms with van der Waals surface area (Å²) in [5.74, 6) is 0.719. The van der Waals surface area contributed by atoms with Gasteiger partial charge in [-0.05, 0) is 103 Å². The van der Waals surface area contributed by atoms with E-state index in [1.807, 2.05) is 48.6 Å². The summed E-state index contributed by atoms with van der Waals surface area (Å²) in [6.45, 7) is 2.15. The van der Waals surface area contributed by atoms with Gasteiger partial charge >= 0.3 is 11.9 Å². The van der Waals surface area contributed by atoms with E-state index in [2.05, 4.69) is 6.92 Å². The number of carbonyl (C=O) groups excluding carboxylic acids is 2. The highest BCUT2D eigenvalue weighted by molar-refractivity contribution is 6.07. The van der Waals surface area contributed by atoms with Crippen molar-refractivity contribution in [3.05, 3.63) is 94.5 Å². The molecule has 2 bridgehead atoms. The van der Waals surface area contributed by atoms with Gasteiger partial charge in [-0.2, -0.15) is 0 Å². The van der Waals surface area contributed by atoms with Crippen LogP contribution in [0.15, 0.2) is 88.9 Å². The van der Waals surface area contributed by atoms with Crippen LogP contribution in [-0.4, -0.2) is 28.8 Å². The zero-order valence-corrected chi connectivity index (χ0v) is 23.9. The van der Waals surface area contributed by atoms with Crippen LogP contribution in [0.5, 0.6) is 5.75 Å². The molecule has 4 aliphatic carbocycles. The average Bonchev–Trinajstić information content (AvgIpc) is 3.49. The molecule has 1 spiro atoms. The van der Waals surface area contributed by atoms with Gasteiger partial charge in [-0.3, -0.25) is 0 Å². The van der Waals surface area contributed by atoms with Gasteiger partial charge in [0.1, 0.15) is 17.3 Å². The van der Waals surface area contributed by atoms with Crippen LogP contribution in [0, 0.1) is 23.2 Å². The van der Waals surface area contributed by atoms with Crippen molar-refractivity contribution in [2.75, 3.05) is 6.61 Å². The van der Waals surface area contributed by atoms with Crippen molar-refractivity contribution in [2.45, 2.75) is 58.3 Å². The van der Waals surface area contributed by atoms with E-state index in [9.17, 15) is 19.8 Å². The second-order valence-corrected chi connectivity index (χ2v) is 12.1. The number of aliphatic hydroxyl groups is 1. The van der Waals surface area contributed by atoms with Crippen LogP contribution in [0.25, 0.3) is 16.7 Å². The maximum absolute atomic E-state index is 14.0. The molecule has 2 fully saturated rings. The molecule has 42 heavy (non-hydrogen) atoms. The molecule has 0 amide bonds. The highest BCUT2D eigenvalue weighted by Gasteiger charge is 2.68. The number of fused-ring (bicyclic) bond motifs is 1. The number of phenols is 1. The number of aliphatic hydroxyl groups excluding tert-OH is 1. The first-order valence-electron chi connectivity index (χ1n) is 15.3. The Morgan fingerprint density at radius 2 is 1.79 bits per heavy atom. The molecule has 0 aromatic heterocycles. The number of phenolic OH excluding ortho intramolecular Hbond substituents is 1. The molecule has 1 saturated heterocycles. The second-order valence-electron chi connectivity index (χ2n) is 12.1. The maximum atomic E-state index is 14.0. The standard InChI is InChI=1S/C36H36O6/c1-2-3-11-28-26-16-15-25-24-17-18-36(32(25)31(26)34(39)41-28)29(12-7-8-19-37)42-35(40)33(36)30(24)27-20-22(38)13-14-23(27)21-9-5-4-6-10-21/h4-6,9-14,20,24-25,32,37-38H,2-3,7-8,15-19H2,1H3/t24-,25-,32-,36-/m0/s1. The lowest BCUT2D eigenvalue weighted by atomic mass is 9.44. The number of aromatic hydroxyl groups is 1. The molecule has 216 valence electrons. The van der Waals surface area contributed by atoms with Crippen LogP contribution < -0.4 is 0 Å². The molecule has 1 saturated carbocycles. The smallest absolute Gasteiger partial charge is 0.340 e. The molecule has 4 atom stereocenters. The Balaban J connectivity index is 1.49. The van der Waals surface area contributed by atoms with Gasteiger partial charge in [0, 0.05) is 23.7 Å². The fourth-order valence-corrected chi connectivity index (χ4v) is 8.48. The third-order valence-corrected chi connectivity index (χ3v) is 10.0. The Morgan fingerprint density at radius 3 is 2.57 bits per heavy atom. The summed E-state index contributed by atoms with van der Waals surface area (Å²) in [7, 11) is 0. The minimum Gasteiger partial charge on any atom is -0.508 e. The molecule has 2 aliphatic heterocycles. The second kappa shape index (κ2) is 10.4. The van der Waals surface area contributed by atoms with Crippen LogP contribution in [0.3, 0.4) is 0 Å². The molecule has 2 heterocycles. The molecule has 6 heteroatoms. The van der Waals surface area contributed by atoms with Crippen molar-refractivity contribution in [1.82, 2.24) is 0 Å². The van der Waals surface area contributed by atoms with E-state index in [0.717, 1.165) is 65.5 Å². The molecular formula is C36H36O6. The van der Waals surface area contributed by atoms with Gasteiger partial charge < -0.3 is 19.7 Å². The largest absolute Gasteiger partial charge is 0.508 e. The minimum absolute atomic E-state index is 0.0333. The number of rotatable bonds is 7. The molecule has 6 nitrogen and oxygen atoms in total. The molecular weight excluding hydrogens is 528 g/mol. The maximum Gasteiger partial charge on any atom is 0.340 e. The fourth-order valence-electron chi connectivity index (χ4n) is 8.48. The average molecular weight is 565 g/mol.